The lowest BCUT2D eigenvalue weighted by molar-refractivity contribution is 0.674. The van der Waals surface area contributed by atoms with Gasteiger partial charge >= 0.3 is 0 Å². The molecule has 0 aliphatic rings. The predicted octanol–water partition coefficient (Wildman–Crippen LogP) is 4.43. The molecule has 21 heavy (non-hydrogen) atoms. The van der Waals surface area contributed by atoms with E-state index in [4.69, 9.17) is 0 Å². The Balaban J connectivity index is 1.89. The number of hydrogen-bond donors (Lipinski definition) is 1. The van der Waals surface area contributed by atoms with Crippen molar-refractivity contribution in [3.63, 3.8) is 0 Å². The summed E-state index contributed by atoms with van der Waals surface area (Å²) in [5, 5.41) is 6.58. The van der Waals surface area contributed by atoms with E-state index in [2.05, 4.69) is 64.2 Å². The third kappa shape index (κ3) is 3.04. The summed E-state index contributed by atoms with van der Waals surface area (Å²) in [6.07, 6.45) is 0. The van der Waals surface area contributed by atoms with E-state index in [1.165, 1.54) is 16.7 Å². The first-order chi connectivity index (χ1) is 10.3. The average molecular weight is 294 g/mol. The second-order valence-corrected chi connectivity index (χ2v) is 6.06. The Morgan fingerprint density at radius 3 is 2.19 bits per heavy atom. The van der Waals surface area contributed by atoms with Crippen LogP contribution in [0.15, 0.2) is 60.0 Å². The van der Waals surface area contributed by atoms with Crippen molar-refractivity contribution in [2.24, 2.45) is 0 Å². The van der Waals surface area contributed by atoms with Gasteiger partial charge in [-0.1, -0.05) is 54.6 Å². The Morgan fingerprint density at radius 2 is 1.62 bits per heavy atom. The molecule has 1 heterocycles. The van der Waals surface area contributed by atoms with Gasteiger partial charge in [-0.3, -0.25) is 0 Å². The maximum atomic E-state index is 4.59. The minimum Gasteiger partial charge on any atom is -0.308 e. The van der Waals surface area contributed by atoms with E-state index in [1.807, 2.05) is 20.0 Å². The molecule has 0 bridgehead atoms. The van der Waals surface area contributed by atoms with Crippen LogP contribution < -0.4 is 5.32 Å². The van der Waals surface area contributed by atoms with Crippen LogP contribution in [0.1, 0.15) is 22.3 Å². The fourth-order valence-electron chi connectivity index (χ4n) is 2.50. The Kier molecular flexibility index (Phi) is 4.13. The van der Waals surface area contributed by atoms with Gasteiger partial charge in [0.15, 0.2) is 0 Å². The van der Waals surface area contributed by atoms with Crippen LogP contribution in [0.3, 0.4) is 0 Å². The average Bonchev–Trinajstić information content (AvgIpc) is 2.96. The smallest absolute Gasteiger partial charge is 0.0898 e. The molecule has 0 amide bonds. The van der Waals surface area contributed by atoms with Gasteiger partial charge in [0.05, 0.1) is 16.7 Å². The first-order valence-electron chi connectivity index (χ1n) is 7.02. The van der Waals surface area contributed by atoms with Crippen LogP contribution in [0.5, 0.6) is 0 Å². The molecule has 0 spiro atoms. The lowest BCUT2D eigenvalue weighted by Crippen LogP contribution is -2.17. The Bertz CT molecular complexity index is 702. The second-order valence-electron chi connectivity index (χ2n) is 5.00. The van der Waals surface area contributed by atoms with Gasteiger partial charge in [-0.15, -0.1) is 11.3 Å². The molecule has 1 aromatic heterocycles. The van der Waals surface area contributed by atoms with Crippen LogP contribution >= 0.6 is 11.3 Å². The van der Waals surface area contributed by atoms with E-state index in [0.717, 1.165) is 10.7 Å². The van der Waals surface area contributed by atoms with Gasteiger partial charge in [0.1, 0.15) is 0 Å². The van der Waals surface area contributed by atoms with Gasteiger partial charge < -0.3 is 5.32 Å². The molecule has 1 N–H and O–H groups in total. The van der Waals surface area contributed by atoms with Gasteiger partial charge in [0, 0.05) is 5.38 Å². The van der Waals surface area contributed by atoms with Crippen molar-refractivity contribution in [2.45, 2.75) is 13.0 Å². The minimum atomic E-state index is 0.153. The summed E-state index contributed by atoms with van der Waals surface area (Å²) in [5.74, 6) is 0. The zero-order chi connectivity index (χ0) is 14.7. The van der Waals surface area contributed by atoms with Crippen molar-refractivity contribution in [1.29, 1.82) is 0 Å². The Labute approximate surface area is 129 Å². The molecule has 1 unspecified atom stereocenters. The number of thiazole rings is 1. The summed E-state index contributed by atoms with van der Waals surface area (Å²) < 4.78 is 0. The van der Waals surface area contributed by atoms with Crippen LogP contribution in [-0.2, 0) is 0 Å². The van der Waals surface area contributed by atoms with Gasteiger partial charge in [-0.25, -0.2) is 4.98 Å². The molecule has 2 aromatic carbocycles. The van der Waals surface area contributed by atoms with Gasteiger partial charge in [0.25, 0.3) is 0 Å². The topological polar surface area (TPSA) is 24.9 Å². The van der Waals surface area contributed by atoms with E-state index >= 15 is 0 Å². The quantitative estimate of drug-likeness (QED) is 0.770. The van der Waals surface area contributed by atoms with Crippen molar-refractivity contribution in [2.75, 3.05) is 7.05 Å². The molecule has 1 atom stereocenters. The summed E-state index contributed by atoms with van der Waals surface area (Å²) in [7, 11) is 1.98. The molecule has 0 radical (unpaired) electrons. The molecule has 0 saturated carbocycles. The number of nitrogens with zero attached hydrogens (tertiary/aromatic N) is 1. The third-order valence-corrected chi connectivity index (χ3v) is 4.36. The molecule has 3 rings (SSSR count). The molecule has 0 aliphatic heterocycles. The minimum absolute atomic E-state index is 0.153. The first-order valence-corrected chi connectivity index (χ1v) is 7.90. The maximum Gasteiger partial charge on any atom is 0.0898 e. The van der Waals surface area contributed by atoms with Crippen molar-refractivity contribution in [1.82, 2.24) is 10.3 Å². The van der Waals surface area contributed by atoms with E-state index in [9.17, 15) is 0 Å². The molecule has 3 heteroatoms. The standard InChI is InChI=1S/C18H18N2S/c1-13-20-17(12-21-13)18(19-2)16-10-8-15(9-11-16)14-6-4-3-5-7-14/h3-12,18-19H,1-2H3. The lowest BCUT2D eigenvalue weighted by Gasteiger charge is -2.15. The zero-order valence-corrected chi connectivity index (χ0v) is 13.0. The van der Waals surface area contributed by atoms with E-state index in [1.54, 1.807) is 11.3 Å². The van der Waals surface area contributed by atoms with Crippen molar-refractivity contribution in [3.05, 3.63) is 76.2 Å². The molecular formula is C18H18N2S. The van der Waals surface area contributed by atoms with Crippen LogP contribution in [0.2, 0.25) is 0 Å². The van der Waals surface area contributed by atoms with Crippen molar-refractivity contribution >= 4 is 11.3 Å². The van der Waals surface area contributed by atoms with E-state index in [0.29, 0.717) is 0 Å². The number of rotatable bonds is 4. The highest BCUT2D eigenvalue weighted by Crippen LogP contribution is 2.26. The van der Waals surface area contributed by atoms with Crippen LogP contribution in [0, 0.1) is 6.92 Å². The third-order valence-electron chi connectivity index (χ3n) is 3.57. The van der Waals surface area contributed by atoms with Gasteiger partial charge in [-0.05, 0) is 30.7 Å². The van der Waals surface area contributed by atoms with E-state index in [-0.39, 0.29) is 6.04 Å². The fourth-order valence-corrected chi connectivity index (χ4v) is 3.13. The van der Waals surface area contributed by atoms with Crippen molar-refractivity contribution in [3.8, 4) is 11.1 Å². The molecule has 0 saturated heterocycles. The number of hydrogen-bond acceptors (Lipinski definition) is 3. The summed E-state index contributed by atoms with van der Waals surface area (Å²) in [6, 6.07) is 19.3. The highest BCUT2D eigenvalue weighted by atomic mass is 32.1. The Hall–Kier alpha value is -1.97. The number of nitrogens with one attached hydrogen (secondary N) is 1. The maximum absolute atomic E-state index is 4.59. The normalized spacial score (nSPS) is 12.3. The summed E-state index contributed by atoms with van der Waals surface area (Å²) in [4.78, 5) is 4.59. The lowest BCUT2D eigenvalue weighted by atomic mass is 9.99. The van der Waals surface area contributed by atoms with Crippen LogP contribution in [0.4, 0.5) is 0 Å². The number of aromatic nitrogens is 1. The number of aryl methyl sites for hydroxylation is 1. The highest BCUT2D eigenvalue weighted by molar-refractivity contribution is 7.09. The highest BCUT2D eigenvalue weighted by Gasteiger charge is 2.14. The summed E-state index contributed by atoms with van der Waals surface area (Å²) in [6.45, 7) is 2.04. The Morgan fingerprint density at radius 1 is 0.952 bits per heavy atom. The molecule has 0 fully saturated rings. The van der Waals surface area contributed by atoms with E-state index < -0.39 is 0 Å². The van der Waals surface area contributed by atoms with Crippen molar-refractivity contribution < 1.29 is 0 Å². The first kappa shape index (κ1) is 14.0. The molecule has 2 nitrogen and oxygen atoms in total. The zero-order valence-electron chi connectivity index (χ0n) is 12.2. The van der Waals surface area contributed by atoms with Gasteiger partial charge in [-0.2, -0.15) is 0 Å². The number of benzene rings is 2. The molecular weight excluding hydrogens is 276 g/mol. The largest absolute Gasteiger partial charge is 0.308 e. The second kappa shape index (κ2) is 6.20. The molecule has 106 valence electrons. The summed E-state index contributed by atoms with van der Waals surface area (Å²) >= 11 is 1.69. The van der Waals surface area contributed by atoms with Crippen LogP contribution in [0.25, 0.3) is 11.1 Å². The fraction of sp³-hybridized carbons (Fsp3) is 0.167. The monoisotopic (exact) mass is 294 g/mol. The SMILES string of the molecule is CNC(c1ccc(-c2ccccc2)cc1)c1csc(C)n1. The van der Waals surface area contributed by atoms with Gasteiger partial charge in [0.2, 0.25) is 0 Å². The predicted molar refractivity (Wildman–Crippen MR) is 89.6 cm³/mol. The molecule has 3 aromatic rings. The molecule has 0 aliphatic carbocycles. The summed E-state index contributed by atoms with van der Waals surface area (Å²) in [5.41, 5.74) is 4.81. The van der Waals surface area contributed by atoms with Crippen LogP contribution in [-0.4, -0.2) is 12.0 Å².